The maximum atomic E-state index is 12.7. The van der Waals surface area contributed by atoms with Gasteiger partial charge in [0.1, 0.15) is 5.78 Å². The number of hydrogen-bond donors (Lipinski definition) is 1. The van der Waals surface area contributed by atoms with Gasteiger partial charge in [-0.1, -0.05) is 13.8 Å². The van der Waals surface area contributed by atoms with Crippen LogP contribution >= 0.6 is 0 Å². The Morgan fingerprint density at radius 1 is 0.923 bits per heavy atom. The summed E-state index contributed by atoms with van der Waals surface area (Å²) in [4.78, 5) is 12.7. The molecule has 4 saturated carbocycles. The fourth-order valence-corrected chi connectivity index (χ4v) is 7.93. The summed E-state index contributed by atoms with van der Waals surface area (Å²) in [5, 5.41) is 10.4. The monoisotopic (exact) mass is 362 g/mol. The molecule has 1 heterocycles. The van der Waals surface area contributed by atoms with Crippen molar-refractivity contribution in [2.45, 2.75) is 96.7 Å². The van der Waals surface area contributed by atoms with Crippen LogP contribution in [0.2, 0.25) is 0 Å². The van der Waals surface area contributed by atoms with Crippen LogP contribution in [0.25, 0.3) is 0 Å². The van der Waals surface area contributed by atoms with Crippen molar-refractivity contribution < 1.29 is 19.4 Å². The number of carbonyl (C=O) groups is 1. The third kappa shape index (κ3) is 2.15. The molecule has 0 aromatic rings. The van der Waals surface area contributed by atoms with Gasteiger partial charge in [0.2, 0.25) is 0 Å². The smallest absolute Gasteiger partial charge is 0.163 e. The zero-order chi connectivity index (χ0) is 18.5. The maximum Gasteiger partial charge on any atom is 0.163 e. The molecule has 0 amide bonds. The molecule has 0 spiro atoms. The number of carbonyl (C=O) groups excluding carboxylic acids is 1. The second kappa shape index (κ2) is 5.33. The standard InChI is InChI=1S/C22H34O4/c1-20(2)25-18-15-11-12(23)7-9-21(15,3)14-8-10-22(4)13(5-6-16(22)24)17(14)19(18)26-20/h12-15,17-19,23H,5-11H2,1-4H3/t12-,13-,14-,15+,17-,18+,19+,21+,22-/m0/s1. The van der Waals surface area contributed by atoms with E-state index < -0.39 is 5.79 Å². The van der Waals surface area contributed by atoms with Crippen LogP contribution in [0.3, 0.4) is 0 Å². The predicted molar refractivity (Wildman–Crippen MR) is 97.3 cm³/mol. The van der Waals surface area contributed by atoms with Crippen molar-refractivity contribution in [2.24, 2.45) is 34.5 Å². The van der Waals surface area contributed by atoms with Gasteiger partial charge in [-0.05, 0) is 81.5 Å². The first-order valence-electron chi connectivity index (χ1n) is 10.7. The fourth-order valence-electron chi connectivity index (χ4n) is 7.93. The van der Waals surface area contributed by atoms with Gasteiger partial charge in [-0.25, -0.2) is 0 Å². The Bertz CT molecular complexity index is 630. The van der Waals surface area contributed by atoms with Crippen molar-refractivity contribution in [3.63, 3.8) is 0 Å². The Labute approximate surface area is 157 Å². The molecule has 1 aliphatic heterocycles. The van der Waals surface area contributed by atoms with Crippen LogP contribution in [-0.2, 0) is 14.3 Å². The molecule has 5 rings (SSSR count). The van der Waals surface area contributed by atoms with E-state index in [2.05, 4.69) is 13.8 Å². The van der Waals surface area contributed by atoms with Gasteiger partial charge in [-0.3, -0.25) is 4.79 Å². The summed E-state index contributed by atoms with van der Waals surface area (Å²) in [6.07, 6.45) is 6.66. The molecule has 5 aliphatic rings. The number of ketones is 1. The van der Waals surface area contributed by atoms with Crippen LogP contribution in [0.5, 0.6) is 0 Å². The Hall–Kier alpha value is -0.450. The van der Waals surface area contributed by atoms with E-state index in [-0.39, 0.29) is 29.1 Å². The molecule has 4 heteroatoms. The lowest BCUT2D eigenvalue weighted by atomic mass is 9.44. The summed E-state index contributed by atoms with van der Waals surface area (Å²) < 4.78 is 13.0. The second-order valence-corrected chi connectivity index (χ2v) is 10.8. The first-order valence-corrected chi connectivity index (χ1v) is 10.7. The molecule has 5 fully saturated rings. The fraction of sp³-hybridized carbons (Fsp3) is 0.955. The second-order valence-electron chi connectivity index (χ2n) is 10.8. The van der Waals surface area contributed by atoms with Crippen molar-refractivity contribution in [1.29, 1.82) is 0 Å². The number of ether oxygens (including phenoxy) is 2. The lowest BCUT2D eigenvalue weighted by Gasteiger charge is -2.62. The van der Waals surface area contributed by atoms with E-state index in [0.717, 1.165) is 44.9 Å². The van der Waals surface area contributed by atoms with Crippen molar-refractivity contribution in [3.05, 3.63) is 0 Å². The third-order valence-corrected chi connectivity index (χ3v) is 9.22. The zero-order valence-corrected chi connectivity index (χ0v) is 16.7. The normalized spacial score (nSPS) is 57.9. The molecule has 0 bridgehead atoms. The van der Waals surface area contributed by atoms with Gasteiger partial charge < -0.3 is 14.6 Å². The third-order valence-electron chi connectivity index (χ3n) is 9.22. The molecule has 146 valence electrons. The van der Waals surface area contributed by atoms with Crippen LogP contribution in [-0.4, -0.2) is 35.0 Å². The van der Waals surface area contributed by atoms with Gasteiger partial charge in [0.15, 0.2) is 5.79 Å². The summed E-state index contributed by atoms with van der Waals surface area (Å²) in [6, 6.07) is 0. The maximum absolute atomic E-state index is 12.7. The first kappa shape index (κ1) is 17.6. The lowest BCUT2D eigenvalue weighted by Crippen LogP contribution is -2.63. The van der Waals surface area contributed by atoms with Gasteiger partial charge in [0, 0.05) is 11.8 Å². The molecule has 0 radical (unpaired) electrons. The van der Waals surface area contributed by atoms with E-state index >= 15 is 0 Å². The van der Waals surface area contributed by atoms with Crippen molar-refractivity contribution >= 4 is 5.78 Å². The predicted octanol–water partition coefficient (Wildman–Crippen LogP) is 3.70. The van der Waals surface area contributed by atoms with E-state index in [0.29, 0.717) is 29.5 Å². The van der Waals surface area contributed by atoms with Gasteiger partial charge in [0.25, 0.3) is 0 Å². The quantitative estimate of drug-likeness (QED) is 0.714. The van der Waals surface area contributed by atoms with Crippen LogP contribution in [0.15, 0.2) is 0 Å². The summed E-state index contributed by atoms with van der Waals surface area (Å²) in [5.74, 6) is 1.71. The Morgan fingerprint density at radius 2 is 1.65 bits per heavy atom. The van der Waals surface area contributed by atoms with E-state index in [4.69, 9.17) is 9.47 Å². The highest BCUT2D eigenvalue weighted by atomic mass is 16.8. The zero-order valence-electron chi connectivity index (χ0n) is 16.7. The van der Waals surface area contributed by atoms with Crippen LogP contribution in [0.4, 0.5) is 0 Å². The molecule has 0 aromatic carbocycles. The Morgan fingerprint density at radius 3 is 2.42 bits per heavy atom. The van der Waals surface area contributed by atoms with E-state index in [1.807, 2.05) is 13.8 Å². The number of aliphatic hydroxyl groups excluding tert-OH is 1. The highest BCUT2D eigenvalue weighted by Crippen LogP contribution is 2.67. The Kier molecular flexibility index (Phi) is 3.61. The first-order chi connectivity index (χ1) is 12.2. The van der Waals surface area contributed by atoms with E-state index in [1.54, 1.807) is 0 Å². The molecule has 0 aromatic heterocycles. The minimum atomic E-state index is -0.565. The van der Waals surface area contributed by atoms with Gasteiger partial charge >= 0.3 is 0 Å². The summed E-state index contributed by atoms with van der Waals surface area (Å²) in [5.41, 5.74) is 0.0427. The molecular formula is C22H34O4. The van der Waals surface area contributed by atoms with Gasteiger partial charge in [0.05, 0.1) is 18.3 Å². The molecule has 26 heavy (non-hydrogen) atoms. The molecule has 0 unspecified atom stereocenters. The molecule has 9 atom stereocenters. The van der Waals surface area contributed by atoms with E-state index in [9.17, 15) is 9.90 Å². The summed E-state index contributed by atoms with van der Waals surface area (Å²) in [6.45, 7) is 8.72. The van der Waals surface area contributed by atoms with Gasteiger partial charge in [-0.15, -0.1) is 0 Å². The average Bonchev–Trinajstić information content (AvgIpc) is 3.05. The minimum absolute atomic E-state index is 0.0595. The number of fused-ring (bicyclic) bond motifs is 8. The number of rotatable bonds is 0. The number of Topliss-reactive ketones (excluding diaryl/α,β-unsaturated/α-hetero) is 1. The van der Waals surface area contributed by atoms with E-state index in [1.165, 1.54) is 0 Å². The van der Waals surface area contributed by atoms with Crippen molar-refractivity contribution in [1.82, 2.24) is 0 Å². The average molecular weight is 363 g/mol. The molecular weight excluding hydrogens is 328 g/mol. The molecule has 1 N–H and O–H groups in total. The molecule has 1 saturated heterocycles. The van der Waals surface area contributed by atoms with Crippen molar-refractivity contribution in [2.75, 3.05) is 0 Å². The summed E-state index contributed by atoms with van der Waals surface area (Å²) >= 11 is 0. The lowest BCUT2D eigenvalue weighted by molar-refractivity contribution is -0.186. The largest absolute Gasteiger partial charge is 0.393 e. The minimum Gasteiger partial charge on any atom is -0.393 e. The number of hydrogen-bond acceptors (Lipinski definition) is 4. The highest BCUT2D eigenvalue weighted by Gasteiger charge is 2.68. The molecule has 4 nitrogen and oxygen atoms in total. The topological polar surface area (TPSA) is 55.8 Å². The molecule has 4 aliphatic carbocycles. The van der Waals surface area contributed by atoms with Crippen molar-refractivity contribution in [3.8, 4) is 0 Å². The Balaban J connectivity index is 1.59. The SMILES string of the molecule is CC1(C)O[C@H]2[C@H](O1)[C@H]1C[C@@H](O)CC[C@]1(C)[C@H]1CC[C@]3(C)C(=O)CC[C@H]3[C@H]21. The highest BCUT2D eigenvalue weighted by molar-refractivity contribution is 5.87. The van der Waals surface area contributed by atoms with Crippen LogP contribution in [0.1, 0.15) is 72.6 Å². The summed E-state index contributed by atoms with van der Waals surface area (Å²) in [7, 11) is 0. The number of aliphatic hydroxyl groups is 1. The van der Waals surface area contributed by atoms with Crippen LogP contribution < -0.4 is 0 Å². The van der Waals surface area contributed by atoms with Gasteiger partial charge in [-0.2, -0.15) is 0 Å². The van der Waals surface area contributed by atoms with Crippen LogP contribution in [0, 0.1) is 34.5 Å².